The summed E-state index contributed by atoms with van der Waals surface area (Å²) in [5.41, 5.74) is 0. The Labute approximate surface area is 100 Å². The molecule has 0 saturated heterocycles. The van der Waals surface area contributed by atoms with Crippen molar-refractivity contribution in [2.75, 3.05) is 0 Å². The molecule has 0 aliphatic heterocycles. The number of rotatable bonds is 2. The zero-order valence-corrected chi connectivity index (χ0v) is 10.4. The van der Waals surface area contributed by atoms with Crippen molar-refractivity contribution in [3.8, 4) is 5.75 Å². The van der Waals surface area contributed by atoms with Crippen LogP contribution in [0.4, 0.5) is 0 Å². The second-order valence-electron chi connectivity index (χ2n) is 2.28. The largest absolute Gasteiger partial charge is 0.424 e. The summed E-state index contributed by atoms with van der Waals surface area (Å²) in [4.78, 5) is 17.7. The summed E-state index contributed by atoms with van der Waals surface area (Å²) in [6, 6.07) is 2.59. The van der Waals surface area contributed by atoms with Crippen LogP contribution in [-0.4, -0.2) is 9.79 Å². The molecule has 78 valence electrons. The molecule has 1 aromatic carbocycles. The molecule has 0 atom stereocenters. The lowest BCUT2D eigenvalue weighted by Gasteiger charge is -2.11. The lowest BCUT2D eigenvalue weighted by Crippen LogP contribution is -1.89. The van der Waals surface area contributed by atoms with Crippen LogP contribution in [0.15, 0.2) is 12.1 Å². The standard InChI is InChI=1S/C6H4Cl3O3PS/c7-4-1-3(12-13(10,11)14)2-5(8)6(4)9/h1-2H,(H2,10,11,14). The van der Waals surface area contributed by atoms with E-state index in [0.29, 0.717) is 0 Å². The molecule has 1 aromatic rings. The van der Waals surface area contributed by atoms with Crippen molar-refractivity contribution in [1.82, 2.24) is 0 Å². The third kappa shape index (κ3) is 3.55. The van der Waals surface area contributed by atoms with Crippen molar-refractivity contribution in [3.05, 3.63) is 27.2 Å². The summed E-state index contributed by atoms with van der Waals surface area (Å²) in [5.74, 6) is 0.0673. The van der Waals surface area contributed by atoms with Gasteiger partial charge in [-0.2, -0.15) is 0 Å². The molecule has 8 heteroatoms. The van der Waals surface area contributed by atoms with E-state index in [9.17, 15) is 0 Å². The van der Waals surface area contributed by atoms with Gasteiger partial charge in [-0.05, 0) is 0 Å². The van der Waals surface area contributed by atoms with Crippen LogP contribution in [0, 0.1) is 0 Å². The first-order chi connectivity index (χ1) is 6.29. The molecule has 0 aromatic heterocycles. The Hall–Kier alpha value is 0.460. The molecule has 14 heavy (non-hydrogen) atoms. The molecule has 2 N–H and O–H groups in total. The highest BCUT2D eigenvalue weighted by Crippen LogP contribution is 2.42. The van der Waals surface area contributed by atoms with E-state index in [2.05, 4.69) is 16.3 Å². The van der Waals surface area contributed by atoms with Gasteiger partial charge < -0.3 is 14.3 Å². The Morgan fingerprint density at radius 3 is 1.93 bits per heavy atom. The first kappa shape index (κ1) is 12.5. The van der Waals surface area contributed by atoms with Crippen LogP contribution >= 0.6 is 41.5 Å². The first-order valence-electron chi connectivity index (χ1n) is 3.19. The van der Waals surface area contributed by atoms with Gasteiger partial charge in [0.1, 0.15) is 5.75 Å². The van der Waals surface area contributed by atoms with E-state index in [4.69, 9.17) is 44.6 Å². The second kappa shape index (κ2) is 4.54. The molecule has 0 amide bonds. The average Bonchev–Trinajstić information content (AvgIpc) is 1.96. The fourth-order valence-electron chi connectivity index (χ4n) is 0.722. The van der Waals surface area contributed by atoms with Crippen LogP contribution < -0.4 is 4.52 Å². The third-order valence-electron chi connectivity index (χ3n) is 1.18. The molecule has 1 rings (SSSR count). The predicted octanol–water partition coefficient (Wildman–Crippen LogP) is 3.23. The third-order valence-corrected chi connectivity index (χ3v) is 3.05. The zero-order chi connectivity index (χ0) is 10.9. The Morgan fingerprint density at radius 1 is 1.14 bits per heavy atom. The topological polar surface area (TPSA) is 49.7 Å². The second-order valence-corrected chi connectivity index (χ2v) is 6.07. The van der Waals surface area contributed by atoms with Crippen LogP contribution in [0.25, 0.3) is 0 Å². The van der Waals surface area contributed by atoms with E-state index in [1.165, 1.54) is 12.1 Å². The van der Waals surface area contributed by atoms with E-state index in [1.807, 2.05) is 0 Å². The van der Waals surface area contributed by atoms with Crippen molar-refractivity contribution in [3.63, 3.8) is 0 Å². The number of benzene rings is 1. The lowest BCUT2D eigenvalue weighted by molar-refractivity contribution is 0.370. The van der Waals surface area contributed by atoms with Gasteiger partial charge in [0.05, 0.1) is 15.1 Å². The fraction of sp³-hybridized carbons (Fsp3) is 0. The number of halogens is 3. The highest BCUT2D eigenvalue weighted by Gasteiger charge is 2.13. The molecule has 0 aliphatic carbocycles. The minimum absolute atomic E-state index is 0.0673. The maximum Gasteiger partial charge on any atom is 0.375 e. The summed E-state index contributed by atoms with van der Waals surface area (Å²) in [6.45, 7) is -3.77. The molecular formula is C6H4Cl3O3PS. The van der Waals surface area contributed by atoms with Crippen LogP contribution in [0.2, 0.25) is 15.1 Å². The molecule has 0 unspecified atom stereocenters. The molecule has 0 saturated carbocycles. The smallest absolute Gasteiger partial charge is 0.375 e. The van der Waals surface area contributed by atoms with Gasteiger partial charge in [-0.25, -0.2) is 0 Å². The summed E-state index contributed by atoms with van der Waals surface area (Å²) in [7, 11) is 0. The molecular weight excluding hydrogens is 289 g/mol. The van der Waals surface area contributed by atoms with Crippen LogP contribution in [0.1, 0.15) is 0 Å². The lowest BCUT2D eigenvalue weighted by atomic mass is 10.3. The fourth-order valence-corrected chi connectivity index (χ4v) is 1.94. The molecule has 0 heterocycles. The van der Waals surface area contributed by atoms with E-state index in [-0.39, 0.29) is 20.8 Å². The summed E-state index contributed by atoms with van der Waals surface area (Å²) in [5, 5.41) is 0.472. The Balaban J connectivity index is 3.08. The molecule has 0 aliphatic rings. The van der Waals surface area contributed by atoms with Crippen molar-refractivity contribution in [2.45, 2.75) is 0 Å². The first-order valence-corrected chi connectivity index (χ1v) is 6.95. The van der Waals surface area contributed by atoms with E-state index in [1.54, 1.807) is 0 Å². The van der Waals surface area contributed by atoms with E-state index < -0.39 is 6.72 Å². The van der Waals surface area contributed by atoms with Gasteiger partial charge in [0.25, 0.3) is 0 Å². The monoisotopic (exact) mass is 292 g/mol. The Bertz CT molecular complexity index is 382. The zero-order valence-electron chi connectivity index (χ0n) is 6.45. The van der Waals surface area contributed by atoms with Crippen LogP contribution in [0.5, 0.6) is 5.75 Å². The maximum atomic E-state index is 8.86. The van der Waals surface area contributed by atoms with Gasteiger partial charge in [-0.1, -0.05) is 34.8 Å². The minimum Gasteiger partial charge on any atom is -0.424 e. The predicted molar refractivity (Wildman–Crippen MR) is 60.8 cm³/mol. The van der Waals surface area contributed by atoms with Crippen molar-refractivity contribution in [1.29, 1.82) is 0 Å². The Morgan fingerprint density at radius 2 is 1.57 bits per heavy atom. The summed E-state index contributed by atoms with van der Waals surface area (Å²) >= 11 is 21.3. The molecule has 0 radical (unpaired) electrons. The van der Waals surface area contributed by atoms with Crippen LogP contribution in [-0.2, 0) is 11.8 Å². The quantitative estimate of drug-likeness (QED) is 0.649. The van der Waals surface area contributed by atoms with Gasteiger partial charge in [0.2, 0.25) is 0 Å². The molecule has 0 spiro atoms. The number of hydrogen-bond donors (Lipinski definition) is 2. The van der Waals surface area contributed by atoms with Crippen LogP contribution in [0.3, 0.4) is 0 Å². The SMILES string of the molecule is OP(O)(=S)Oc1cc(Cl)c(Cl)c(Cl)c1. The Kier molecular flexibility index (Phi) is 4.06. The van der Waals surface area contributed by atoms with E-state index >= 15 is 0 Å². The van der Waals surface area contributed by atoms with Gasteiger partial charge in [-0.15, -0.1) is 0 Å². The van der Waals surface area contributed by atoms with Gasteiger partial charge in [0, 0.05) is 23.9 Å². The molecule has 3 nitrogen and oxygen atoms in total. The average molecular weight is 293 g/mol. The minimum atomic E-state index is -3.77. The van der Waals surface area contributed by atoms with E-state index in [0.717, 1.165) is 0 Å². The molecule has 0 fully saturated rings. The maximum absolute atomic E-state index is 8.86. The van der Waals surface area contributed by atoms with Gasteiger partial charge in [0.15, 0.2) is 0 Å². The highest BCUT2D eigenvalue weighted by molar-refractivity contribution is 8.06. The van der Waals surface area contributed by atoms with Crippen molar-refractivity contribution >= 4 is 53.3 Å². The van der Waals surface area contributed by atoms with Crippen molar-refractivity contribution < 1.29 is 14.3 Å². The summed E-state index contributed by atoms with van der Waals surface area (Å²) < 4.78 is 4.63. The molecule has 0 bridgehead atoms. The highest BCUT2D eigenvalue weighted by atomic mass is 35.5. The normalized spacial score (nSPS) is 11.5. The van der Waals surface area contributed by atoms with Gasteiger partial charge in [-0.3, -0.25) is 0 Å². The van der Waals surface area contributed by atoms with Crippen molar-refractivity contribution in [2.24, 2.45) is 0 Å². The van der Waals surface area contributed by atoms with Gasteiger partial charge >= 0.3 is 6.72 Å². The number of hydrogen-bond acceptors (Lipinski definition) is 2. The summed E-state index contributed by atoms with van der Waals surface area (Å²) in [6.07, 6.45) is 0.